The molecule has 0 amide bonds. The van der Waals surface area contributed by atoms with Gasteiger partial charge in [-0.15, -0.1) is 0 Å². The van der Waals surface area contributed by atoms with Crippen molar-refractivity contribution >= 4 is 9.52 Å². The largest absolute Gasteiger partial charge is 0.207 e. The lowest BCUT2D eigenvalue weighted by Crippen LogP contribution is -2.31. The van der Waals surface area contributed by atoms with Crippen LogP contribution in [-0.2, 0) is 5.41 Å². The van der Waals surface area contributed by atoms with Crippen molar-refractivity contribution in [3.63, 3.8) is 0 Å². The summed E-state index contributed by atoms with van der Waals surface area (Å²) < 4.78 is 13.1. The summed E-state index contributed by atoms with van der Waals surface area (Å²) in [6.45, 7) is 4.63. The molecular weight excluding hydrogens is 239 g/mol. The summed E-state index contributed by atoms with van der Waals surface area (Å²) in [6, 6.07) is 8.71. The minimum Gasteiger partial charge on any atom is -0.207 e. The van der Waals surface area contributed by atoms with Crippen molar-refractivity contribution < 1.29 is 4.39 Å². The zero-order chi connectivity index (χ0) is 13.0. The minimum atomic E-state index is -0.114. The molecule has 2 rings (SSSR count). The molecule has 1 aromatic rings. The molecule has 0 nitrogen and oxygen atoms in total. The first-order valence-electron chi connectivity index (χ1n) is 7.46. The molecule has 0 spiro atoms. The second-order valence-corrected chi connectivity index (χ2v) is 8.60. The predicted octanol–water partition coefficient (Wildman–Crippen LogP) is 4.44. The van der Waals surface area contributed by atoms with E-state index in [1.54, 1.807) is 12.1 Å². The van der Waals surface area contributed by atoms with Crippen LogP contribution in [-0.4, -0.2) is 9.52 Å². The summed E-state index contributed by atoms with van der Waals surface area (Å²) >= 11 is 0. The molecule has 0 unspecified atom stereocenters. The Morgan fingerprint density at radius 3 is 2.28 bits per heavy atom. The lowest BCUT2D eigenvalue weighted by Gasteiger charge is -2.40. The van der Waals surface area contributed by atoms with Gasteiger partial charge in [0.25, 0.3) is 0 Å². The monoisotopic (exact) mass is 264 g/mol. The highest BCUT2D eigenvalue weighted by Gasteiger charge is 2.34. The maximum absolute atomic E-state index is 13.1. The van der Waals surface area contributed by atoms with Crippen LogP contribution in [0.25, 0.3) is 0 Å². The molecule has 0 aromatic heterocycles. The second kappa shape index (κ2) is 6.01. The molecule has 0 N–H and O–H groups in total. The van der Waals surface area contributed by atoms with Gasteiger partial charge >= 0.3 is 0 Å². The predicted molar refractivity (Wildman–Crippen MR) is 79.6 cm³/mol. The van der Waals surface area contributed by atoms with Crippen LogP contribution in [0.4, 0.5) is 4.39 Å². The molecule has 1 aromatic carbocycles. The van der Waals surface area contributed by atoms with Crippen molar-refractivity contribution in [3.8, 4) is 0 Å². The average molecular weight is 264 g/mol. The molecule has 100 valence electrons. The third kappa shape index (κ3) is 2.85. The topological polar surface area (TPSA) is 0 Å². The van der Waals surface area contributed by atoms with Crippen LogP contribution in [0.15, 0.2) is 24.3 Å². The Kier molecular flexibility index (Phi) is 4.60. The molecule has 0 radical (unpaired) electrons. The lowest BCUT2D eigenvalue weighted by molar-refractivity contribution is 0.282. The fraction of sp³-hybridized carbons (Fsp3) is 0.625. The first-order chi connectivity index (χ1) is 8.70. The van der Waals surface area contributed by atoms with Gasteiger partial charge in [0, 0.05) is 9.52 Å². The number of halogens is 1. The SMILES string of the molecule is CC[SiH2][C@H]1CC[C@](CC)(c2ccc(F)cc2)CC1. The van der Waals surface area contributed by atoms with Crippen LogP contribution < -0.4 is 0 Å². The fourth-order valence-electron chi connectivity index (χ4n) is 3.58. The van der Waals surface area contributed by atoms with E-state index in [0.717, 1.165) is 5.54 Å². The average Bonchev–Trinajstić information content (AvgIpc) is 2.41. The number of rotatable bonds is 4. The van der Waals surface area contributed by atoms with Crippen LogP contribution in [0.5, 0.6) is 0 Å². The molecule has 0 heterocycles. The molecule has 2 heteroatoms. The molecule has 0 atom stereocenters. The summed E-state index contributed by atoms with van der Waals surface area (Å²) in [4.78, 5) is 0. The van der Waals surface area contributed by atoms with E-state index in [0.29, 0.717) is 5.41 Å². The van der Waals surface area contributed by atoms with E-state index in [-0.39, 0.29) is 15.3 Å². The fourth-order valence-corrected chi connectivity index (χ4v) is 5.38. The third-order valence-corrected chi connectivity index (χ3v) is 7.10. The number of hydrogen-bond acceptors (Lipinski definition) is 0. The van der Waals surface area contributed by atoms with Gasteiger partial charge in [0.05, 0.1) is 0 Å². The van der Waals surface area contributed by atoms with Gasteiger partial charge in [-0.2, -0.15) is 0 Å². The van der Waals surface area contributed by atoms with Crippen molar-refractivity contribution in [1.29, 1.82) is 0 Å². The molecular formula is C16H25FSi. The Labute approximate surface area is 113 Å². The Balaban J connectivity index is 2.11. The van der Waals surface area contributed by atoms with Crippen LogP contribution in [0.2, 0.25) is 11.6 Å². The van der Waals surface area contributed by atoms with Crippen molar-refractivity contribution in [3.05, 3.63) is 35.6 Å². The van der Waals surface area contributed by atoms with E-state index < -0.39 is 0 Å². The lowest BCUT2D eigenvalue weighted by atomic mass is 9.67. The van der Waals surface area contributed by atoms with E-state index in [2.05, 4.69) is 13.8 Å². The smallest absolute Gasteiger partial charge is 0.123 e. The van der Waals surface area contributed by atoms with Gasteiger partial charge < -0.3 is 0 Å². The number of hydrogen-bond donors (Lipinski definition) is 0. The quantitative estimate of drug-likeness (QED) is 0.705. The van der Waals surface area contributed by atoms with Gasteiger partial charge in [0.2, 0.25) is 0 Å². The zero-order valence-corrected chi connectivity index (χ0v) is 13.1. The van der Waals surface area contributed by atoms with Crippen molar-refractivity contribution in [2.24, 2.45) is 0 Å². The maximum atomic E-state index is 13.1. The maximum Gasteiger partial charge on any atom is 0.123 e. The summed E-state index contributed by atoms with van der Waals surface area (Å²) in [5, 5.41) is 0. The summed E-state index contributed by atoms with van der Waals surface area (Å²) in [6.07, 6.45) is 6.63. The van der Waals surface area contributed by atoms with Gasteiger partial charge in [0.15, 0.2) is 0 Å². The van der Waals surface area contributed by atoms with Gasteiger partial charge in [0.1, 0.15) is 5.82 Å². The molecule has 1 aliphatic rings. The second-order valence-electron chi connectivity index (χ2n) is 5.87. The zero-order valence-electron chi connectivity index (χ0n) is 11.7. The molecule has 18 heavy (non-hydrogen) atoms. The Hall–Kier alpha value is -0.633. The van der Waals surface area contributed by atoms with Gasteiger partial charge in [-0.1, -0.05) is 50.4 Å². The molecule has 1 fully saturated rings. The molecule has 0 aliphatic heterocycles. The minimum absolute atomic E-state index is 0.114. The Morgan fingerprint density at radius 1 is 1.17 bits per heavy atom. The van der Waals surface area contributed by atoms with E-state index >= 15 is 0 Å². The van der Waals surface area contributed by atoms with Crippen LogP contribution in [0, 0.1) is 5.82 Å². The molecule has 0 bridgehead atoms. The highest BCUT2D eigenvalue weighted by Crippen LogP contribution is 2.45. The van der Waals surface area contributed by atoms with Gasteiger partial charge in [-0.25, -0.2) is 4.39 Å². The van der Waals surface area contributed by atoms with Crippen LogP contribution >= 0.6 is 0 Å². The third-order valence-electron chi connectivity index (χ3n) is 4.89. The normalized spacial score (nSPS) is 28.9. The van der Waals surface area contributed by atoms with Crippen LogP contribution in [0.3, 0.4) is 0 Å². The summed E-state index contributed by atoms with van der Waals surface area (Å²) in [7, 11) is 0.173. The molecule has 0 saturated heterocycles. The molecule has 1 aliphatic carbocycles. The summed E-state index contributed by atoms with van der Waals surface area (Å²) in [5.74, 6) is -0.114. The first kappa shape index (κ1) is 13.8. The number of benzene rings is 1. The van der Waals surface area contributed by atoms with Crippen LogP contribution in [0.1, 0.15) is 51.5 Å². The Morgan fingerprint density at radius 2 is 1.78 bits per heavy atom. The summed E-state index contributed by atoms with van der Waals surface area (Å²) in [5.41, 5.74) is 2.77. The highest BCUT2D eigenvalue weighted by atomic mass is 28.2. The van der Waals surface area contributed by atoms with Gasteiger partial charge in [-0.05, 0) is 42.4 Å². The van der Waals surface area contributed by atoms with Gasteiger partial charge in [-0.3, -0.25) is 0 Å². The van der Waals surface area contributed by atoms with Crippen molar-refractivity contribution in [1.82, 2.24) is 0 Å². The van der Waals surface area contributed by atoms with E-state index in [1.807, 2.05) is 12.1 Å². The molecule has 1 saturated carbocycles. The van der Waals surface area contributed by atoms with Crippen molar-refractivity contribution in [2.45, 2.75) is 63.0 Å². The standard InChI is InChI=1S/C16H25FSi/c1-3-16(13-5-7-14(17)8-6-13)11-9-15(10-12-16)18-4-2/h5-8,15H,3-4,9-12,18H2,1-2H3/t15-,16-. The van der Waals surface area contributed by atoms with Crippen molar-refractivity contribution in [2.75, 3.05) is 0 Å². The van der Waals surface area contributed by atoms with E-state index in [9.17, 15) is 4.39 Å². The van der Waals surface area contributed by atoms with E-state index in [4.69, 9.17) is 0 Å². The Bertz CT molecular complexity index is 363. The highest BCUT2D eigenvalue weighted by molar-refractivity contribution is 6.37. The van der Waals surface area contributed by atoms with E-state index in [1.165, 1.54) is 43.7 Å². The first-order valence-corrected chi connectivity index (χ1v) is 9.28.